The fourth-order valence-corrected chi connectivity index (χ4v) is 3.34. The zero-order valence-electron chi connectivity index (χ0n) is 15.4. The zero-order chi connectivity index (χ0) is 20.7. The molecule has 2 aliphatic carbocycles. The lowest BCUT2D eigenvalue weighted by Gasteiger charge is -2.27. The molecule has 10 heteroatoms. The summed E-state index contributed by atoms with van der Waals surface area (Å²) in [5.41, 5.74) is 0.962. The molecule has 0 bridgehead atoms. The molecule has 2 aliphatic rings. The van der Waals surface area contributed by atoms with Crippen molar-refractivity contribution in [3.8, 4) is 0 Å². The van der Waals surface area contributed by atoms with E-state index in [4.69, 9.17) is 14.3 Å². The van der Waals surface area contributed by atoms with E-state index in [1.807, 2.05) is 0 Å². The van der Waals surface area contributed by atoms with Crippen molar-refractivity contribution in [1.29, 1.82) is 0 Å². The Kier molecular flexibility index (Phi) is 7.85. The van der Waals surface area contributed by atoms with Gasteiger partial charge in [-0.1, -0.05) is 25.7 Å². The summed E-state index contributed by atoms with van der Waals surface area (Å²) >= 11 is 0. The zero-order valence-corrected chi connectivity index (χ0v) is 15.4. The summed E-state index contributed by atoms with van der Waals surface area (Å²) in [6, 6.07) is 0.0477. The molecule has 158 valence electrons. The lowest BCUT2D eigenvalue weighted by atomic mass is 9.86. The largest absolute Gasteiger partial charge is 0.490 e. The van der Waals surface area contributed by atoms with E-state index in [-0.39, 0.29) is 12.0 Å². The van der Waals surface area contributed by atoms with Gasteiger partial charge in [0.2, 0.25) is 0 Å². The molecule has 2 atom stereocenters. The minimum absolute atomic E-state index is 0.0477. The normalized spacial score (nSPS) is 23.1. The highest BCUT2D eigenvalue weighted by atomic mass is 19.4. The maximum absolute atomic E-state index is 11.5. The molecule has 0 aliphatic heterocycles. The van der Waals surface area contributed by atoms with E-state index in [2.05, 4.69) is 10.3 Å². The van der Waals surface area contributed by atoms with E-state index in [0.717, 1.165) is 43.6 Å². The van der Waals surface area contributed by atoms with Crippen LogP contribution in [-0.2, 0) is 16.1 Å². The molecule has 0 spiro atoms. The quantitative estimate of drug-likeness (QED) is 0.683. The molecule has 3 rings (SSSR count). The van der Waals surface area contributed by atoms with Crippen LogP contribution < -0.4 is 5.32 Å². The van der Waals surface area contributed by atoms with Crippen molar-refractivity contribution in [2.45, 2.75) is 76.0 Å². The van der Waals surface area contributed by atoms with Crippen molar-refractivity contribution < 1.29 is 37.4 Å². The second-order valence-electron chi connectivity index (χ2n) is 7.16. The number of hydrogen-bond donors (Lipinski definition) is 3. The molecule has 2 saturated carbocycles. The Morgan fingerprint density at radius 1 is 1.11 bits per heavy atom. The van der Waals surface area contributed by atoms with E-state index >= 15 is 0 Å². The third-order valence-electron chi connectivity index (χ3n) is 4.98. The van der Waals surface area contributed by atoms with Crippen molar-refractivity contribution in [2.75, 3.05) is 0 Å². The summed E-state index contributed by atoms with van der Waals surface area (Å²) in [5.74, 6) is -2.16. The number of oxazole rings is 1. The molecule has 0 unspecified atom stereocenters. The number of aromatic nitrogens is 1. The smallest absolute Gasteiger partial charge is 0.481 e. The van der Waals surface area contributed by atoms with Gasteiger partial charge >= 0.3 is 18.1 Å². The van der Waals surface area contributed by atoms with Crippen LogP contribution in [0.2, 0.25) is 0 Å². The van der Waals surface area contributed by atoms with Crippen LogP contribution in [0.1, 0.15) is 68.7 Å². The van der Waals surface area contributed by atoms with Gasteiger partial charge in [0.1, 0.15) is 5.76 Å². The van der Waals surface area contributed by atoms with Crippen molar-refractivity contribution in [3.05, 3.63) is 17.8 Å². The number of hydrogen-bond acceptors (Lipinski definition) is 5. The fourth-order valence-electron chi connectivity index (χ4n) is 3.34. The van der Waals surface area contributed by atoms with Crippen LogP contribution >= 0.6 is 0 Å². The third kappa shape index (κ3) is 6.81. The molecule has 3 N–H and O–H groups in total. The van der Waals surface area contributed by atoms with E-state index in [1.54, 1.807) is 0 Å². The first-order chi connectivity index (χ1) is 13.2. The number of carbonyl (C=O) groups is 2. The van der Waals surface area contributed by atoms with Gasteiger partial charge in [0.05, 0.1) is 11.6 Å². The van der Waals surface area contributed by atoms with Gasteiger partial charge in [0, 0.05) is 18.5 Å². The van der Waals surface area contributed by atoms with E-state index in [0.29, 0.717) is 12.5 Å². The van der Waals surface area contributed by atoms with Gasteiger partial charge in [-0.05, 0) is 25.7 Å². The highest BCUT2D eigenvalue weighted by molar-refractivity contribution is 5.73. The number of carboxylic acid groups (broad SMARTS) is 2. The summed E-state index contributed by atoms with van der Waals surface area (Å²) in [4.78, 5) is 24.7. The van der Waals surface area contributed by atoms with E-state index < -0.39 is 18.1 Å². The van der Waals surface area contributed by atoms with Crippen LogP contribution in [0.3, 0.4) is 0 Å². The Bertz CT molecular complexity index is 658. The number of carboxylic acids is 2. The average Bonchev–Trinajstić information content (AvgIpc) is 3.32. The van der Waals surface area contributed by atoms with Gasteiger partial charge in [0.25, 0.3) is 0 Å². The number of nitrogens with one attached hydrogen (secondary N) is 1. The SMILES string of the molecule is O=C(O)C(F)(F)F.O=C(O)[C@@H]1CCCCCC[C@@H]1NCc1ncoc1C1CC1. The van der Waals surface area contributed by atoms with E-state index in [9.17, 15) is 23.1 Å². The molecule has 0 saturated heterocycles. The van der Waals surface area contributed by atoms with Crippen LogP contribution in [0.5, 0.6) is 0 Å². The second-order valence-corrected chi connectivity index (χ2v) is 7.16. The number of halogens is 3. The summed E-state index contributed by atoms with van der Waals surface area (Å²) in [7, 11) is 0. The van der Waals surface area contributed by atoms with Crippen LogP contribution in [-0.4, -0.2) is 39.4 Å². The Hall–Kier alpha value is -2.10. The lowest BCUT2D eigenvalue weighted by molar-refractivity contribution is -0.192. The predicted molar refractivity (Wildman–Crippen MR) is 91.6 cm³/mol. The van der Waals surface area contributed by atoms with Gasteiger partial charge in [-0.15, -0.1) is 0 Å². The summed E-state index contributed by atoms with van der Waals surface area (Å²) in [6.45, 7) is 0.622. The van der Waals surface area contributed by atoms with Crippen molar-refractivity contribution in [1.82, 2.24) is 10.3 Å². The van der Waals surface area contributed by atoms with Crippen molar-refractivity contribution in [2.24, 2.45) is 5.92 Å². The number of aliphatic carboxylic acids is 2. The Balaban J connectivity index is 0.000000345. The highest BCUT2D eigenvalue weighted by Crippen LogP contribution is 2.41. The van der Waals surface area contributed by atoms with Crippen molar-refractivity contribution in [3.63, 3.8) is 0 Å². The molecule has 1 aromatic heterocycles. The molecular weight excluding hydrogens is 381 g/mol. The Morgan fingerprint density at radius 3 is 2.25 bits per heavy atom. The van der Waals surface area contributed by atoms with Crippen LogP contribution in [0.25, 0.3) is 0 Å². The van der Waals surface area contributed by atoms with Gasteiger partial charge in [-0.2, -0.15) is 13.2 Å². The second kappa shape index (κ2) is 9.90. The van der Waals surface area contributed by atoms with Crippen molar-refractivity contribution >= 4 is 11.9 Å². The molecule has 0 amide bonds. The van der Waals surface area contributed by atoms with Gasteiger partial charge < -0.3 is 19.9 Å². The molecule has 7 nitrogen and oxygen atoms in total. The molecule has 1 heterocycles. The van der Waals surface area contributed by atoms with E-state index in [1.165, 1.54) is 25.7 Å². The lowest BCUT2D eigenvalue weighted by Crippen LogP contribution is -2.40. The standard InChI is InChI=1S/C16H24N2O3.C2HF3O2/c19-16(20)12-5-3-1-2-4-6-13(12)17-9-14-15(11-7-8-11)21-10-18-14;3-2(4,5)1(6)7/h10-13,17H,1-9H2,(H,19,20);(H,6,7)/t12-,13+;/m1./s1. The molecule has 28 heavy (non-hydrogen) atoms. The first-order valence-electron chi connectivity index (χ1n) is 9.38. The van der Waals surface area contributed by atoms with Gasteiger partial charge in [-0.25, -0.2) is 9.78 Å². The monoisotopic (exact) mass is 406 g/mol. The predicted octanol–water partition coefficient (Wildman–Crippen LogP) is 3.70. The topological polar surface area (TPSA) is 113 Å². The first kappa shape index (κ1) is 22.2. The Morgan fingerprint density at radius 2 is 1.71 bits per heavy atom. The third-order valence-corrected chi connectivity index (χ3v) is 4.98. The molecular formula is C18H25F3N2O5. The van der Waals surface area contributed by atoms with Crippen LogP contribution in [0.15, 0.2) is 10.8 Å². The molecule has 0 radical (unpaired) electrons. The first-order valence-corrected chi connectivity index (χ1v) is 9.38. The highest BCUT2D eigenvalue weighted by Gasteiger charge is 2.38. The fraction of sp³-hybridized carbons (Fsp3) is 0.722. The minimum atomic E-state index is -5.08. The number of alkyl halides is 3. The van der Waals surface area contributed by atoms with Crippen LogP contribution in [0, 0.1) is 5.92 Å². The van der Waals surface area contributed by atoms with Gasteiger partial charge in [0.15, 0.2) is 6.39 Å². The summed E-state index contributed by atoms with van der Waals surface area (Å²) in [5, 5.41) is 20.0. The summed E-state index contributed by atoms with van der Waals surface area (Å²) < 4.78 is 37.2. The maximum Gasteiger partial charge on any atom is 0.490 e. The summed E-state index contributed by atoms with van der Waals surface area (Å²) in [6.07, 6.45) is 5.01. The molecule has 0 aromatic carbocycles. The molecule has 2 fully saturated rings. The van der Waals surface area contributed by atoms with Gasteiger partial charge in [-0.3, -0.25) is 4.79 Å². The maximum atomic E-state index is 11.5. The average molecular weight is 406 g/mol. The number of rotatable bonds is 5. The number of nitrogens with zero attached hydrogens (tertiary/aromatic N) is 1. The Labute approximate surface area is 160 Å². The van der Waals surface area contributed by atoms with Crippen LogP contribution in [0.4, 0.5) is 13.2 Å². The molecule has 1 aromatic rings. The minimum Gasteiger partial charge on any atom is -0.481 e.